The molecule has 112 valence electrons. The summed E-state index contributed by atoms with van der Waals surface area (Å²) in [5.74, 6) is 0.306. The number of amides is 2. The Hall–Kier alpha value is -1.10. The highest BCUT2D eigenvalue weighted by Crippen LogP contribution is 1.96. The highest BCUT2D eigenvalue weighted by atomic mass is 16.2. The molecule has 0 aromatic carbocycles. The van der Waals surface area contributed by atoms with Gasteiger partial charge < -0.3 is 10.6 Å². The monoisotopic (exact) mass is 271 g/mol. The fourth-order valence-electron chi connectivity index (χ4n) is 1.54. The highest BCUT2D eigenvalue weighted by Gasteiger charge is 2.16. The molecule has 0 saturated heterocycles. The van der Waals surface area contributed by atoms with E-state index in [4.69, 9.17) is 0 Å². The molecule has 1 unspecified atom stereocenters. The zero-order valence-corrected chi connectivity index (χ0v) is 12.9. The molecule has 0 aromatic heterocycles. The summed E-state index contributed by atoms with van der Waals surface area (Å²) in [6.07, 6.45) is 1.84. The van der Waals surface area contributed by atoms with Crippen LogP contribution in [0.4, 0.5) is 0 Å². The minimum absolute atomic E-state index is 0.0506. The number of hydrogen-bond donors (Lipinski definition) is 3. The number of rotatable bonds is 9. The lowest BCUT2D eigenvalue weighted by atomic mass is 10.1. The van der Waals surface area contributed by atoms with Crippen LogP contribution in [-0.4, -0.2) is 37.0 Å². The molecule has 0 aromatic rings. The molecule has 5 nitrogen and oxygen atoms in total. The van der Waals surface area contributed by atoms with Gasteiger partial charge in [-0.1, -0.05) is 27.7 Å². The first-order valence-electron chi connectivity index (χ1n) is 7.21. The van der Waals surface area contributed by atoms with E-state index in [0.717, 1.165) is 12.8 Å². The van der Waals surface area contributed by atoms with Gasteiger partial charge in [0, 0.05) is 12.6 Å². The van der Waals surface area contributed by atoms with E-state index in [2.05, 4.69) is 16.0 Å². The van der Waals surface area contributed by atoms with Crippen LogP contribution in [0.2, 0.25) is 0 Å². The number of nitrogens with one attached hydrogen (secondary N) is 3. The molecule has 19 heavy (non-hydrogen) atoms. The number of carbonyl (C=O) groups is 2. The Morgan fingerprint density at radius 2 is 1.63 bits per heavy atom. The van der Waals surface area contributed by atoms with Crippen molar-refractivity contribution in [3.63, 3.8) is 0 Å². The molecule has 0 rings (SSSR count). The molecule has 0 aliphatic heterocycles. The molecule has 0 bridgehead atoms. The number of hydrogen-bond acceptors (Lipinski definition) is 3. The molecule has 2 amide bonds. The maximum absolute atomic E-state index is 11.8. The van der Waals surface area contributed by atoms with Gasteiger partial charge in [-0.25, -0.2) is 0 Å². The van der Waals surface area contributed by atoms with E-state index >= 15 is 0 Å². The Labute approximate surface area is 116 Å². The van der Waals surface area contributed by atoms with Gasteiger partial charge in [-0.15, -0.1) is 0 Å². The first-order chi connectivity index (χ1) is 8.90. The van der Waals surface area contributed by atoms with Crippen LogP contribution in [0.15, 0.2) is 0 Å². The fraction of sp³-hybridized carbons (Fsp3) is 0.857. The van der Waals surface area contributed by atoms with Crippen LogP contribution in [0.3, 0.4) is 0 Å². The van der Waals surface area contributed by atoms with Crippen LogP contribution < -0.4 is 16.0 Å². The minimum atomic E-state index is -0.356. The Balaban J connectivity index is 3.93. The molecular weight excluding hydrogens is 242 g/mol. The molecule has 0 fully saturated rings. The van der Waals surface area contributed by atoms with Gasteiger partial charge in [0.05, 0.1) is 12.6 Å². The van der Waals surface area contributed by atoms with Crippen molar-refractivity contribution in [3.05, 3.63) is 0 Å². The summed E-state index contributed by atoms with van der Waals surface area (Å²) in [7, 11) is 0. The third kappa shape index (κ3) is 8.59. The maximum atomic E-state index is 11.8. The van der Waals surface area contributed by atoms with Crippen molar-refractivity contribution in [2.45, 2.75) is 59.5 Å². The zero-order valence-electron chi connectivity index (χ0n) is 12.9. The lowest BCUT2D eigenvalue weighted by Gasteiger charge is -2.19. The average molecular weight is 271 g/mol. The van der Waals surface area contributed by atoms with Crippen LogP contribution in [0.25, 0.3) is 0 Å². The van der Waals surface area contributed by atoms with Gasteiger partial charge in [0.15, 0.2) is 0 Å². The van der Waals surface area contributed by atoms with Crippen LogP contribution in [-0.2, 0) is 9.59 Å². The fourth-order valence-corrected chi connectivity index (χ4v) is 1.54. The summed E-state index contributed by atoms with van der Waals surface area (Å²) in [5, 5.41) is 8.70. The lowest BCUT2D eigenvalue weighted by Crippen LogP contribution is -2.48. The SMILES string of the molecule is CCC(CC)NC(=O)C(C)NCC(=O)NCC(C)C. The Morgan fingerprint density at radius 3 is 2.11 bits per heavy atom. The van der Waals surface area contributed by atoms with Crippen molar-refractivity contribution in [2.24, 2.45) is 5.92 Å². The summed E-state index contributed by atoms with van der Waals surface area (Å²) in [4.78, 5) is 23.3. The largest absolute Gasteiger partial charge is 0.355 e. The lowest BCUT2D eigenvalue weighted by molar-refractivity contribution is -0.124. The Bertz CT molecular complexity index is 276. The first-order valence-corrected chi connectivity index (χ1v) is 7.21. The molecule has 0 aliphatic rings. The Morgan fingerprint density at radius 1 is 1.05 bits per heavy atom. The van der Waals surface area contributed by atoms with E-state index in [-0.39, 0.29) is 30.4 Å². The zero-order chi connectivity index (χ0) is 14.8. The Kier molecular flexibility index (Phi) is 9.21. The highest BCUT2D eigenvalue weighted by molar-refractivity contribution is 5.83. The second-order valence-electron chi connectivity index (χ2n) is 5.32. The van der Waals surface area contributed by atoms with Gasteiger partial charge in [0.2, 0.25) is 11.8 Å². The minimum Gasteiger partial charge on any atom is -0.355 e. The molecule has 0 spiro atoms. The van der Waals surface area contributed by atoms with Crippen molar-refractivity contribution in [2.75, 3.05) is 13.1 Å². The van der Waals surface area contributed by atoms with Crippen LogP contribution in [0, 0.1) is 5.92 Å². The van der Waals surface area contributed by atoms with E-state index in [1.165, 1.54) is 0 Å². The van der Waals surface area contributed by atoms with Crippen LogP contribution >= 0.6 is 0 Å². The smallest absolute Gasteiger partial charge is 0.237 e. The average Bonchev–Trinajstić information content (AvgIpc) is 2.39. The van der Waals surface area contributed by atoms with Crippen LogP contribution in [0.5, 0.6) is 0 Å². The summed E-state index contributed by atoms with van der Waals surface area (Å²) < 4.78 is 0. The molecular formula is C14H29N3O2. The third-order valence-corrected chi connectivity index (χ3v) is 3.00. The van der Waals surface area contributed by atoms with E-state index in [1.54, 1.807) is 6.92 Å². The van der Waals surface area contributed by atoms with Gasteiger partial charge >= 0.3 is 0 Å². The van der Waals surface area contributed by atoms with Crippen molar-refractivity contribution in [1.82, 2.24) is 16.0 Å². The predicted molar refractivity (Wildman–Crippen MR) is 77.8 cm³/mol. The molecule has 0 heterocycles. The van der Waals surface area contributed by atoms with Gasteiger partial charge in [-0.3, -0.25) is 14.9 Å². The summed E-state index contributed by atoms with van der Waals surface area (Å²) in [5.41, 5.74) is 0. The van der Waals surface area contributed by atoms with E-state index in [0.29, 0.717) is 12.5 Å². The van der Waals surface area contributed by atoms with Gasteiger partial charge in [0.25, 0.3) is 0 Å². The molecule has 0 radical (unpaired) electrons. The van der Waals surface area contributed by atoms with E-state index < -0.39 is 0 Å². The van der Waals surface area contributed by atoms with Gasteiger partial charge in [-0.05, 0) is 25.7 Å². The molecule has 0 aliphatic carbocycles. The second-order valence-corrected chi connectivity index (χ2v) is 5.32. The summed E-state index contributed by atoms with van der Waals surface area (Å²) in [6, 6.07) is -0.142. The second kappa shape index (κ2) is 9.78. The van der Waals surface area contributed by atoms with E-state index in [1.807, 2.05) is 27.7 Å². The van der Waals surface area contributed by atoms with E-state index in [9.17, 15) is 9.59 Å². The van der Waals surface area contributed by atoms with Crippen LogP contribution in [0.1, 0.15) is 47.5 Å². The van der Waals surface area contributed by atoms with Crippen molar-refractivity contribution in [3.8, 4) is 0 Å². The molecule has 1 atom stereocenters. The normalized spacial score (nSPS) is 12.6. The van der Waals surface area contributed by atoms with Gasteiger partial charge in [-0.2, -0.15) is 0 Å². The van der Waals surface area contributed by atoms with Crippen molar-refractivity contribution < 1.29 is 9.59 Å². The topological polar surface area (TPSA) is 70.2 Å². The molecule has 3 N–H and O–H groups in total. The van der Waals surface area contributed by atoms with Crippen molar-refractivity contribution in [1.29, 1.82) is 0 Å². The van der Waals surface area contributed by atoms with Crippen molar-refractivity contribution >= 4 is 11.8 Å². The van der Waals surface area contributed by atoms with Gasteiger partial charge in [0.1, 0.15) is 0 Å². The maximum Gasteiger partial charge on any atom is 0.237 e. The summed E-state index contributed by atoms with van der Waals surface area (Å²) in [6.45, 7) is 10.8. The summed E-state index contributed by atoms with van der Waals surface area (Å²) >= 11 is 0. The third-order valence-electron chi connectivity index (χ3n) is 3.00. The predicted octanol–water partition coefficient (Wildman–Crippen LogP) is 1.04. The molecule has 0 saturated carbocycles. The standard InChI is InChI=1S/C14H29N3O2/c1-6-12(7-2)17-14(19)11(5)15-9-13(18)16-8-10(3)4/h10-12,15H,6-9H2,1-5H3,(H,16,18)(H,17,19). The quantitative estimate of drug-likeness (QED) is 0.587. The number of carbonyl (C=O) groups excluding carboxylic acids is 2. The molecule has 5 heteroatoms. The first kappa shape index (κ1) is 17.9.